The molecule has 0 bridgehead atoms. The molecule has 0 amide bonds. The molecule has 5 heteroatoms. The number of nitrogens with zero attached hydrogens (tertiary/aromatic N) is 4. The van der Waals surface area contributed by atoms with Gasteiger partial charge in [0.15, 0.2) is 0 Å². The molecule has 0 aliphatic heterocycles. The molecule has 0 unspecified atom stereocenters. The molecule has 0 radical (unpaired) electrons. The number of aryl methyl sites for hydroxylation is 2. The minimum absolute atomic E-state index is 0.743. The van der Waals surface area contributed by atoms with Gasteiger partial charge >= 0.3 is 0 Å². The Kier molecular flexibility index (Phi) is 3.14. The van der Waals surface area contributed by atoms with E-state index in [0.717, 1.165) is 28.9 Å². The Hall–Kier alpha value is -1.49. The maximum atomic E-state index is 4.42. The van der Waals surface area contributed by atoms with Gasteiger partial charge in [-0.05, 0) is 19.9 Å². The fourth-order valence-corrected chi connectivity index (χ4v) is 2.19. The topological polar surface area (TPSA) is 41.9 Å². The minimum Gasteiger partial charge on any atom is -0.337 e. The van der Waals surface area contributed by atoms with E-state index in [1.165, 1.54) is 0 Å². The SMILES string of the molecule is Cc1ccnc(N(C)Cc2nc(C)cs2)n1. The van der Waals surface area contributed by atoms with E-state index < -0.39 is 0 Å². The van der Waals surface area contributed by atoms with Crippen molar-refractivity contribution in [2.75, 3.05) is 11.9 Å². The normalized spacial score (nSPS) is 10.4. The smallest absolute Gasteiger partial charge is 0.225 e. The van der Waals surface area contributed by atoms with E-state index in [2.05, 4.69) is 20.3 Å². The summed E-state index contributed by atoms with van der Waals surface area (Å²) >= 11 is 1.67. The van der Waals surface area contributed by atoms with Crippen molar-refractivity contribution in [2.45, 2.75) is 20.4 Å². The third-order valence-electron chi connectivity index (χ3n) is 2.16. The van der Waals surface area contributed by atoms with Crippen molar-refractivity contribution in [1.82, 2.24) is 15.0 Å². The van der Waals surface area contributed by atoms with Crippen LogP contribution in [0.2, 0.25) is 0 Å². The summed E-state index contributed by atoms with van der Waals surface area (Å²) < 4.78 is 0. The number of hydrogen-bond donors (Lipinski definition) is 0. The zero-order valence-corrected chi connectivity index (χ0v) is 10.5. The number of hydrogen-bond acceptors (Lipinski definition) is 5. The maximum Gasteiger partial charge on any atom is 0.225 e. The highest BCUT2D eigenvalue weighted by atomic mass is 32.1. The third-order valence-corrected chi connectivity index (χ3v) is 3.11. The molecule has 2 aromatic heterocycles. The van der Waals surface area contributed by atoms with Gasteiger partial charge in [0, 0.05) is 30.0 Å². The third kappa shape index (κ3) is 2.55. The molecule has 84 valence electrons. The minimum atomic E-state index is 0.743. The number of thiazole rings is 1. The highest BCUT2D eigenvalue weighted by Crippen LogP contribution is 2.14. The highest BCUT2D eigenvalue weighted by molar-refractivity contribution is 7.09. The molecular formula is C11H14N4S. The van der Waals surface area contributed by atoms with Crippen molar-refractivity contribution in [1.29, 1.82) is 0 Å². The van der Waals surface area contributed by atoms with Crippen molar-refractivity contribution in [3.05, 3.63) is 34.0 Å². The molecule has 0 saturated heterocycles. The first-order chi connectivity index (χ1) is 7.65. The molecule has 2 heterocycles. The summed E-state index contributed by atoms with van der Waals surface area (Å²) in [4.78, 5) is 15.0. The summed E-state index contributed by atoms with van der Waals surface area (Å²) in [6.45, 7) is 4.72. The van der Waals surface area contributed by atoms with Gasteiger partial charge < -0.3 is 4.90 Å². The summed E-state index contributed by atoms with van der Waals surface area (Å²) in [6.07, 6.45) is 1.78. The van der Waals surface area contributed by atoms with Crippen LogP contribution in [0.1, 0.15) is 16.4 Å². The van der Waals surface area contributed by atoms with Crippen LogP contribution in [0.15, 0.2) is 17.6 Å². The van der Waals surface area contributed by atoms with Gasteiger partial charge in [0.05, 0.1) is 6.54 Å². The summed E-state index contributed by atoms with van der Waals surface area (Å²) in [7, 11) is 1.98. The summed E-state index contributed by atoms with van der Waals surface area (Å²) in [5, 5.41) is 3.14. The van der Waals surface area contributed by atoms with Crippen LogP contribution in [-0.2, 0) is 6.54 Å². The van der Waals surface area contributed by atoms with Gasteiger partial charge in [-0.15, -0.1) is 11.3 Å². The quantitative estimate of drug-likeness (QED) is 0.816. The Morgan fingerprint density at radius 2 is 2.06 bits per heavy atom. The van der Waals surface area contributed by atoms with E-state index >= 15 is 0 Å². The lowest BCUT2D eigenvalue weighted by Crippen LogP contribution is -2.19. The molecule has 0 N–H and O–H groups in total. The Bertz CT molecular complexity index is 480. The van der Waals surface area contributed by atoms with Crippen LogP contribution in [0.25, 0.3) is 0 Å². The van der Waals surface area contributed by atoms with Crippen molar-refractivity contribution in [3.8, 4) is 0 Å². The summed E-state index contributed by atoms with van der Waals surface area (Å²) in [5.74, 6) is 0.743. The molecule has 0 aromatic carbocycles. The Morgan fingerprint density at radius 1 is 1.25 bits per heavy atom. The molecule has 0 atom stereocenters. The lowest BCUT2D eigenvalue weighted by molar-refractivity contribution is 0.849. The van der Waals surface area contributed by atoms with Gasteiger partial charge in [-0.1, -0.05) is 0 Å². The lowest BCUT2D eigenvalue weighted by Gasteiger charge is -2.15. The van der Waals surface area contributed by atoms with Crippen LogP contribution in [-0.4, -0.2) is 22.0 Å². The van der Waals surface area contributed by atoms with Crippen molar-refractivity contribution >= 4 is 17.3 Å². The summed E-state index contributed by atoms with van der Waals surface area (Å²) in [6, 6.07) is 1.89. The molecule has 16 heavy (non-hydrogen) atoms. The average Bonchev–Trinajstić information content (AvgIpc) is 2.64. The van der Waals surface area contributed by atoms with Gasteiger partial charge in [-0.25, -0.2) is 15.0 Å². The number of anilines is 1. The number of aromatic nitrogens is 3. The summed E-state index contributed by atoms with van der Waals surface area (Å²) in [5.41, 5.74) is 2.05. The fraction of sp³-hybridized carbons (Fsp3) is 0.364. The van der Waals surface area contributed by atoms with Gasteiger partial charge in [-0.3, -0.25) is 0 Å². The molecule has 0 saturated carbocycles. The average molecular weight is 234 g/mol. The fourth-order valence-electron chi connectivity index (χ4n) is 1.37. The van der Waals surface area contributed by atoms with E-state index in [-0.39, 0.29) is 0 Å². The van der Waals surface area contributed by atoms with Crippen molar-refractivity contribution in [2.24, 2.45) is 0 Å². The van der Waals surface area contributed by atoms with E-state index in [1.54, 1.807) is 17.5 Å². The zero-order chi connectivity index (χ0) is 11.5. The van der Waals surface area contributed by atoms with Gasteiger partial charge in [-0.2, -0.15) is 0 Å². The standard InChI is InChI=1S/C11H14N4S/c1-8-4-5-12-11(14-8)15(3)6-10-13-9(2)7-16-10/h4-5,7H,6H2,1-3H3. The van der Waals surface area contributed by atoms with Crippen LogP contribution in [0.4, 0.5) is 5.95 Å². The second-order valence-electron chi connectivity index (χ2n) is 3.74. The van der Waals surface area contributed by atoms with Crippen molar-refractivity contribution in [3.63, 3.8) is 0 Å². The van der Waals surface area contributed by atoms with Gasteiger partial charge in [0.25, 0.3) is 0 Å². The monoisotopic (exact) mass is 234 g/mol. The van der Waals surface area contributed by atoms with Crippen LogP contribution in [0, 0.1) is 13.8 Å². The van der Waals surface area contributed by atoms with E-state index in [1.807, 2.05) is 31.9 Å². The van der Waals surface area contributed by atoms with Crippen LogP contribution in [0.3, 0.4) is 0 Å². The number of rotatable bonds is 3. The predicted octanol–water partition coefficient (Wildman–Crippen LogP) is 2.19. The van der Waals surface area contributed by atoms with Crippen LogP contribution < -0.4 is 4.90 Å². The molecule has 0 spiro atoms. The molecule has 2 aromatic rings. The maximum absolute atomic E-state index is 4.42. The van der Waals surface area contributed by atoms with E-state index in [9.17, 15) is 0 Å². The Balaban J connectivity index is 2.11. The zero-order valence-electron chi connectivity index (χ0n) is 9.64. The molecular weight excluding hydrogens is 220 g/mol. The molecule has 2 rings (SSSR count). The van der Waals surface area contributed by atoms with Gasteiger partial charge in [0.2, 0.25) is 5.95 Å². The Morgan fingerprint density at radius 3 is 2.69 bits per heavy atom. The Labute approximate surface area is 99.0 Å². The first-order valence-electron chi connectivity index (χ1n) is 5.07. The predicted molar refractivity (Wildman–Crippen MR) is 65.7 cm³/mol. The molecule has 4 nitrogen and oxygen atoms in total. The second kappa shape index (κ2) is 4.57. The first kappa shape index (κ1) is 11.0. The van der Waals surface area contributed by atoms with Crippen LogP contribution >= 0.6 is 11.3 Å². The molecule has 0 fully saturated rings. The van der Waals surface area contributed by atoms with E-state index in [4.69, 9.17) is 0 Å². The highest BCUT2D eigenvalue weighted by Gasteiger charge is 2.07. The van der Waals surface area contributed by atoms with Crippen LogP contribution in [0.5, 0.6) is 0 Å². The molecule has 0 aliphatic carbocycles. The molecule has 0 aliphatic rings. The van der Waals surface area contributed by atoms with Crippen molar-refractivity contribution < 1.29 is 0 Å². The van der Waals surface area contributed by atoms with E-state index in [0.29, 0.717) is 0 Å². The first-order valence-corrected chi connectivity index (χ1v) is 5.95. The second-order valence-corrected chi connectivity index (χ2v) is 4.68. The van der Waals surface area contributed by atoms with Gasteiger partial charge in [0.1, 0.15) is 5.01 Å². The lowest BCUT2D eigenvalue weighted by atomic mass is 10.4. The largest absolute Gasteiger partial charge is 0.337 e.